The molecule has 0 fully saturated rings. The summed E-state index contributed by atoms with van der Waals surface area (Å²) in [6.45, 7) is 0.693. The molecule has 8 heteroatoms. The van der Waals surface area contributed by atoms with Crippen LogP contribution in [0.5, 0.6) is 17.2 Å². The topological polar surface area (TPSA) is 61.6 Å². The number of nitro benzene ring substituents is 1. The molecule has 23 heavy (non-hydrogen) atoms. The monoisotopic (exact) mass is 359 g/mol. The van der Waals surface area contributed by atoms with Gasteiger partial charge in [-0.05, 0) is 31.2 Å². The van der Waals surface area contributed by atoms with Gasteiger partial charge in [0.1, 0.15) is 24.3 Å². The SMILES string of the molecule is CC(CF)Oc1cc(Oc2ccc(Cl)cc2Cl)ccc1[N+](=O)[O-]. The van der Waals surface area contributed by atoms with E-state index in [1.807, 2.05) is 0 Å². The highest BCUT2D eigenvalue weighted by Gasteiger charge is 2.19. The fourth-order valence-electron chi connectivity index (χ4n) is 1.74. The van der Waals surface area contributed by atoms with Gasteiger partial charge < -0.3 is 9.47 Å². The highest BCUT2D eigenvalue weighted by molar-refractivity contribution is 6.35. The van der Waals surface area contributed by atoms with Crippen LogP contribution in [-0.2, 0) is 0 Å². The number of hydrogen-bond donors (Lipinski definition) is 0. The lowest BCUT2D eigenvalue weighted by molar-refractivity contribution is -0.386. The number of rotatable bonds is 6. The van der Waals surface area contributed by atoms with Gasteiger partial charge in [-0.15, -0.1) is 0 Å². The number of alkyl halides is 1. The van der Waals surface area contributed by atoms with E-state index in [2.05, 4.69) is 0 Å². The summed E-state index contributed by atoms with van der Waals surface area (Å²) in [6.07, 6.45) is -0.817. The molecule has 0 radical (unpaired) electrons. The van der Waals surface area contributed by atoms with Gasteiger partial charge in [-0.2, -0.15) is 0 Å². The van der Waals surface area contributed by atoms with Crippen molar-refractivity contribution in [3.8, 4) is 17.2 Å². The van der Waals surface area contributed by atoms with E-state index in [0.717, 1.165) is 0 Å². The quantitative estimate of drug-likeness (QED) is 0.509. The van der Waals surface area contributed by atoms with Crippen LogP contribution in [0.2, 0.25) is 10.0 Å². The number of hydrogen-bond acceptors (Lipinski definition) is 4. The molecule has 0 aliphatic rings. The third-order valence-corrected chi connectivity index (χ3v) is 3.33. The Bertz CT molecular complexity index is 727. The molecule has 2 rings (SSSR count). The lowest BCUT2D eigenvalue weighted by Crippen LogP contribution is -2.14. The highest BCUT2D eigenvalue weighted by Crippen LogP contribution is 2.36. The molecule has 0 N–H and O–H groups in total. The average molecular weight is 360 g/mol. The molecule has 2 aromatic rings. The standard InChI is InChI=1S/C15H12Cl2FNO4/c1-9(8-18)22-15-7-11(3-4-13(15)19(20)21)23-14-5-2-10(16)6-12(14)17/h2-7,9H,8H2,1H3. The molecular weight excluding hydrogens is 348 g/mol. The van der Waals surface area contributed by atoms with Gasteiger partial charge in [-0.1, -0.05) is 23.2 Å². The molecule has 0 bridgehead atoms. The van der Waals surface area contributed by atoms with Gasteiger partial charge in [0.25, 0.3) is 0 Å². The number of halogens is 3. The Kier molecular flexibility index (Phi) is 5.63. The van der Waals surface area contributed by atoms with Crippen molar-refractivity contribution in [3.05, 3.63) is 56.6 Å². The summed E-state index contributed by atoms with van der Waals surface area (Å²) in [6, 6.07) is 8.60. The molecule has 0 spiro atoms. The van der Waals surface area contributed by atoms with Crippen molar-refractivity contribution >= 4 is 28.9 Å². The first-order chi connectivity index (χ1) is 10.9. The van der Waals surface area contributed by atoms with Crippen molar-refractivity contribution in [3.63, 3.8) is 0 Å². The molecule has 5 nitrogen and oxygen atoms in total. The number of ether oxygens (including phenoxy) is 2. The second-order valence-electron chi connectivity index (χ2n) is 4.65. The third kappa shape index (κ3) is 4.46. The minimum Gasteiger partial charge on any atom is -0.481 e. The predicted octanol–water partition coefficient (Wildman–Crippen LogP) is 5.43. The van der Waals surface area contributed by atoms with E-state index in [9.17, 15) is 14.5 Å². The van der Waals surface area contributed by atoms with Gasteiger partial charge in [0.05, 0.1) is 9.95 Å². The summed E-state index contributed by atoms with van der Waals surface area (Å²) in [5.74, 6) is 0.512. The summed E-state index contributed by atoms with van der Waals surface area (Å²) < 4.78 is 23.4. The second kappa shape index (κ2) is 7.48. The van der Waals surface area contributed by atoms with Crippen LogP contribution in [0.1, 0.15) is 6.92 Å². The van der Waals surface area contributed by atoms with Crippen LogP contribution in [0, 0.1) is 10.1 Å². The molecule has 1 unspecified atom stereocenters. The van der Waals surface area contributed by atoms with E-state index in [-0.39, 0.29) is 22.2 Å². The minimum atomic E-state index is -0.817. The molecule has 2 aromatic carbocycles. The zero-order valence-corrected chi connectivity index (χ0v) is 13.5. The van der Waals surface area contributed by atoms with Crippen LogP contribution < -0.4 is 9.47 Å². The maximum absolute atomic E-state index is 12.6. The van der Waals surface area contributed by atoms with Crippen molar-refractivity contribution in [1.29, 1.82) is 0 Å². The van der Waals surface area contributed by atoms with Crippen molar-refractivity contribution in [1.82, 2.24) is 0 Å². The molecule has 0 aromatic heterocycles. The molecule has 0 saturated heterocycles. The zero-order valence-electron chi connectivity index (χ0n) is 12.0. The molecule has 122 valence electrons. The van der Waals surface area contributed by atoms with Crippen LogP contribution in [0.4, 0.5) is 10.1 Å². The van der Waals surface area contributed by atoms with Gasteiger partial charge in [0, 0.05) is 17.2 Å². The van der Waals surface area contributed by atoms with E-state index < -0.39 is 17.7 Å². The molecule has 0 amide bonds. The third-order valence-electron chi connectivity index (χ3n) is 2.80. The Morgan fingerprint density at radius 1 is 1.22 bits per heavy atom. The Morgan fingerprint density at radius 2 is 1.96 bits per heavy atom. The fourth-order valence-corrected chi connectivity index (χ4v) is 2.18. The van der Waals surface area contributed by atoms with Crippen molar-refractivity contribution in [2.75, 3.05) is 6.67 Å². The normalized spacial score (nSPS) is 11.8. The molecular formula is C15H12Cl2FNO4. The van der Waals surface area contributed by atoms with Crippen LogP contribution in [0.15, 0.2) is 36.4 Å². The molecule has 0 saturated carbocycles. The fraction of sp³-hybridized carbons (Fsp3) is 0.200. The van der Waals surface area contributed by atoms with E-state index in [1.165, 1.54) is 31.2 Å². The van der Waals surface area contributed by atoms with Gasteiger partial charge in [0.2, 0.25) is 5.75 Å². The maximum atomic E-state index is 12.6. The summed E-state index contributed by atoms with van der Waals surface area (Å²) in [4.78, 5) is 10.4. The summed E-state index contributed by atoms with van der Waals surface area (Å²) >= 11 is 11.8. The van der Waals surface area contributed by atoms with E-state index in [4.69, 9.17) is 32.7 Å². The Morgan fingerprint density at radius 3 is 2.57 bits per heavy atom. The molecule has 0 aliphatic heterocycles. The first kappa shape index (κ1) is 17.3. The first-order valence-corrected chi connectivity index (χ1v) is 7.30. The molecule has 1 atom stereocenters. The second-order valence-corrected chi connectivity index (χ2v) is 5.49. The van der Waals surface area contributed by atoms with E-state index >= 15 is 0 Å². The number of nitrogens with zero attached hydrogens (tertiary/aromatic N) is 1. The van der Waals surface area contributed by atoms with Gasteiger partial charge >= 0.3 is 5.69 Å². The van der Waals surface area contributed by atoms with Crippen LogP contribution >= 0.6 is 23.2 Å². The predicted molar refractivity (Wildman–Crippen MR) is 85.7 cm³/mol. The van der Waals surface area contributed by atoms with Gasteiger partial charge in [-0.3, -0.25) is 10.1 Å². The number of nitro groups is 1. The summed E-state index contributed by atoms with van der Waals surface area (Å²) in [5, 5.41) is 11.7. The molecule has 0 heterocycles. The Balaban J connectivity index is 2.32. The van der Waals surface area contributed by atoms with Crippen LogP contribution in [-0.4, -0.2) is 17.7 Å². The van der Waals surface area contributed by atoms with E-state index in [0.29, 0.717) is 10.8 Å². The summed E-state index contributed by atoms with van der Waals surface area (Å²) in [5.41, 5.74) is -0.278. The molecule has 0 aliphatic carbocycles. The summed E-state index contributed by atoms with van der Waals surface area (Å²) in [7, 11) is 0. The average Bonchev–Trinajstić information content (AvgIpc) is 2.50. The Labute approximate surface area is 141 Å². The van der Waals surface area contributed by atoms with Crippen molar-refractivity contribution in [2.24, 2.45) is 0 Å². The Hall–Kier alpha value is -2.05. The minimum absolute atomic E-state index is 0.0808. The van der Waals surface area contributed by atoms with Crippen molar-refractivity contribution in [2.45, 2.75) is 13.0 Å². The smallest absolute Gasteiger partial charge is 0.311 e. The van der Waals surface area contributed by atoms with E-state index in [1.54, 1.807) is 12.1 Å². The van der Waals surface area contributed by atoms with Gasteiger partial charge in [0.15, 0.2) is 0 Å². The zero-order chi connectivity index (χ0) is 17.0. The maximum Gasteiger partial charge on any atom is 0.311 e. The van der Waals surface area contributed by atoms with Crippen LogP contribution in [0.3, 0.4) is 0 Å². The van der Waals surface area contributed by atoms with Gasteiger partial charge in [-0.25, -0.2) is 4.39 Å². The number of benzene rings is 2. The van der Waals surface area contributed by atoms with Crippen LogP contribution in [0.25, 0.3) is 0 Å². The first-order valence-electron chi connectivity index (χ1n) is 6.54. The lowest BCUT2D eigenvalue weighted by atomic mass is 10.2. The highest BCUT2D eigenvalue weighted by atomic mass is 35.5. The largest absolute Gasteiger partial charge is 0.481 e. The van der Waals surface area contributed by atoms with Crippen molar-refractivity contribution < 1.29 is 18.8 Å². The lowest BCUT2D eigenvalue weighted by Gasteiger charge is -2.13.